The third-order valence-corrected chi connectivity index (χ3v) is 5.04. The van der Waals surface area contributed by atoms with Crippen molar-refractivity contribution < 1.29 is 9.72 Å². The lowest BCUT2D eigenvalue weighted by atomic mass is 10.1. The number of para-hydroxylation sites is 1. The highest BCUT2D eigenvalue weighted by Crippen LogP contribution is 2.23. The van der Waals surface area contributed by atoms with E-state index in [0.717, 1.165) is 22.5 Å². The van der Waals surface area contributed by atoms with E-state index in [1.165, 1.54) is 10.7 Å². The normalized spacial score (nSPS) is 10.8. The highest BCUT2D eigenvalue weighted by Gasteiger charge is 2.17. The molecule has 9 nitrogen and oxygen atoms in total. The lowest BCUT2D eigenvalue weighted by Gasteiger charge is -2.06. The summed E-state index contributed by atoms with van der Waals surface area (Å²) in [5, 5.41) is 22.4. The predicted molar refractivity (Wildman–Crippen MR) is 119 cm³/mol. The second-order valence-electron chi connectivity index (χ2n) is 7.30. The van der Waals surface area contributed by atoms with Crippen molar-refractivity contribution in [3.05, 3.63) is 94.3 Å². The maximum atomic E-state index is 12.5. The number of nitrogens with one attached hydrogen (secondary N) is 1. The van der Waals surface area contributed by atoms with Crippen molar-refractivity contribution in [1.82, 2.24) is 24.9 Å². The van der Waals surface area contributed by atoms with Crippen LogP contribution in [-0.2, 0) is 17.9 Å². The van der Waals surface area contributed by atoms with Crippen LogP contribution in [0.2, 0.25) is 0 Å². The maximum Gasteiger partial charge on any atom is 0.390 e. The topological polar surface area (TPSA) is 108 Å². The second-order valence-corrected chi connectivity index (χ2v) is 7.30. The van der Waals surface area contributed by atoms with Crippen LogP contribution in [0.25, 0.3) is 16.9 Å². The van der Waals surface area contributed by atoms with Gasteiger partial charge in [0.05, 0.1) is 34.8 Å². The molecule has 0 saturated carbocycles. The Balaban J connectivity index is 1.47. The van der Waals surface area contributed by atoms with Crippen LogP contribution in [0.5, 0.6) is 0 Å². The summed E-state index contributed by atoms with van der Waals surface area (Å²) in [4.78, 5) is 22.8. The van der Waals surface area contributed by atoms with Crippen LogP contribution in [0.3, 0.4) is 0 Å². The molecule has 32 heavy (non-hydrogen) atoms. The van der Waals surface area contributed by atoms with Crippen LogP contribution in [-0.4, -0.2) is 30.4 Å². The number of rotatable bonds is 8. The van der Waals surface area contributed by atoms with Crippen LogP contribution in [0.1, 0.15) is 17.7 Å². The summed E-state index contributed by atoms with van der Waals surface area (Å²) >= 11 is 0. The van der Waals surface area contributed by atoms with Crippen LogP contribution >= 0.6 is 0 Å². The zero-order valence-electron chi connectivity index (χ0n) is 17.5. The van der Waals surface area contributed by atoms with Crippen molar-refractivity contribution in [2.75, 3.05) is 0 Å². The van der Waals surface area contributed by atoms with Crippen molar-refractivity contribution in [1.29, 1.82) is 0 Å². The monoisotopic (exact) mass is 430 g/mol. The molecule has 9 heteroatoms. The number of nitro groups is 1. The average Bonchev–Trinajstić information content (AvgIpc) is 3.41. The van der Waals surface area contributed by atoms with E-state index in [-0.39, 0.29) is 24.7 Å². The molecule has 2 aromatic heterocycles. The number of carbonyl (C=O) groups excluding carboxylic acids is 1. The average molecular weight is 430 g/mol. The molecule has 4 rings (SSSR count). The first-order chi connectivity index (χ1) is 15.5. The van der Waals surface area contributed by atoms with Gasteiger partial charge >= 0.3 is 5.82 Å². The van der Waals surface area contributed by atoms with Gasteiger partial charge in [0.25, 0.3) is 0 Å². The Kier molecular flexibility index (Phi) is 6.07. The lowest BCUT2D eigenvalue weighted by molar-refractivity contribution is -0.389. The number of aromatic nitrogens is 4. The minimum absolute atomic E-state index is 0.160. The standard InChI is InChI=1S/C23H22N6O3/c1-17-14-21(29(31)32)25-27(17)13-12-22(30)24-15-19-16-28(20-10-6-3-7-11-20)26-23(19)18-8-4-2-5-9-18/h2-11,14,16H,12-13,15H2,1H3,(H,24,30). The fourth-order valence-electron chi connectivity index (χ4n) is 3.39. The van der Waals surface area contributed by atoms with Gasteiger partial charge in [0, 0.05) is 30.3 Å². The van der Waals surface area contributed by atoms with E-state index in [1.54, 1.807) is 11.6 Å². The Labute approximate surface area is 184 Å². The molecule has 2 heterocycles. The molecule has 0 aliphatic heterocycles. The Morgan fingerprint density at radius 3 is 2.41 bits per heavy atom. The Morgan fingerprint density at radius 2 is 1.75 bits per heavy atom. The first-order valence-electron chi connectivity index (χ1n) is 10.2. The van der Waals surface area contributed by atoms with Crippen molar-refractivity contribution >= 4 is 11.7 Å². The number of amides is 1. The minimum Gasteiger partial charge on any atom is -0.358 e. The number of nitrogens with zero attached hydrogens (tertiary/aromatic N) is 5. The summed E-state index contributed by atoms with van der Waals surface area (Å²) in [6, 6.07) is 21.0. The molecular weight excluding hydrogens is 408 g/mol. The highest BCUT2D eigenvalue weighted by molar-refractivity contribution is 5.76. The number of benzene rings is 2. The molecule has 1 amide bonds. The highest BCUT2D eigenvalue weighted by atomic mass is 16.6. The molecule has 0 atom stereocenters. The fourth-order valence-corrected chi connectivity index (χ4v) is 3.39. The third kappa shape index (κ3) is 4.72. The van der Waals surface area contributed by atoms with Gasteiger partial charge in [-0.25, -0.2) is 4.68 Å². The van der Waals surface area contributed by atoms with Gasteiger partial charge in [0.1, 0.15) is 0 Å². The second kappa shape index (κ2) is 9.25. The summed E-state index contributed by atoms with van der Waals surface area (Å²) in [5.41, 5.74) is 4.22. The molecule has 4 aromatic rings. The summed E-state index contributed by atoms with van der Waals surface area (Å²) in [6.07, 6.45) is 2.08. The molecule has 162 valence electrons. The molecule has 0 fully saturated rings. The SMILES string of the molecule is Cc1cc([N+](=O)[O-])nn1CCC(=O)NCc1cn(-c2ccccc2)nc1-c1ccccc1. The van der Waals surface area contributed by atoms with Gasteiger partial charge in [0.2, 0.25) is 5.91 Å². The molecule has 0 bridgehead atoms. The first kappa shape index (κ1) is 21.0. The minimum atomic E-state index is -0.543. The molecule has 2 aromatic carbocycles. The largest absolute Gasteiger partial charge is 0.390 e. The molecule has 0 aliphatic carbocycles. The molecule has 1 N–H and O–H groups in total. The predicted octanol–water partition coefficient (Wildman–Crippen LogP) is 3.66. The smallest absolute Gasteiger partial charge is 0.358 e. The number of hydrogen-bond donors (Lipinski definition) is 1. The van der Waals surface area contributed by atoms with Crippen LogP contribution in [0.4, 0.5) is 5.82 Å². The quantitative estimate of drug-likeness (QED) is 0.339. The van der Waals surface area contributed by atoms with Crippen molar-refractivity contribution in [3.63, 3.8) is 0 Å². The summed E-state index contributed by atoms with van der Waals surface area (Å²) in [6.45, 7) is 2.30. The van der Waals surface area contributed by atoms with Gasteiger partial charge in [-0.2, -0.15) is 9.78 Å². The van der Waals surface area contributed by atoms with Crippen molar-refractivity contribution in [2.45, 2.75) is 26.4 Å². The molecule has 0 unspecified atom stereocenters. The zero-order chi connectivity index (χ0) is 22.5. The molecule has 0 aliphatic rings. The zero-order valence-corrected chi connectivity index (χ0v) is 17.5. The van der Waals surface area contributed by atoms with Gasteiger partial charge in [-0.05, 0) is 24.0 Å². The van der Waals surface area contributed by atoms with E-state index in [1.807, 2.05) is 66.9 Å². The van der Waals surface area contributed by atoms with E-state index in [9.17, 15) is 14.9 Å². The summed E-state index contributed by atoms with van der Waals surface area (Å²) in [5.74, 6) is -0.391. The number of aryl methyl sites for hydroxylation is 2. The molecule has 0 saturated heterocycles. The van der Waals surface area contributed by atoms with Gasteiger partial charge < -0.3 is 15.4 Å². The van der Waals surface area contributed by atoms with Gasteiger partial charge in [-0.1, -0.05) is 48.5 Å². The van der Waals surface area contributed by atoms with Crippen molar-refractivity contribution in [2.24, 2.45) is 0 Å². The fraction of sp³-hybridized carbons (Fsp3) is 0.174. The van der Waals surface area contributed by atoms with E-state index < -0.39 is 4.92 Å². The van der Waals surface area contributed by atoms with E-state index in [2.05, 4.69) is 10.4 Å². The Morgan fingerprint density at radius 1 is 1.06 bits per heavy atom. The first-order valence-corrected chi connectivity index (χ1v) is 10.2. The molecular formula is C23H22N6O3. The Hall–Kier alpha value is -4.27. The lowest BCUT2D eigenvalue weighted by Crippen LogP contribution is -2.24. The van der Waals surface area contributed by atoms with E-state index >= 15 is 0 Å². The van der Waals surface area contributed by atoms with Crippen LogP contribution in [0.15, 0.2) is 72.9 Å². The maximum absolute atomic E-state index is 12.5. The van der Waals surface area contributed by atoms with E-state index in [0.29, 0.717) is 12.2 Å². The third-order valence-electron chi connectivity index (χ3n) is 5.04. The van der Waals surface area contributed by atoms with Crippen LogP contribution in [0, 0.1) is 17.0 Å². The summed E-state index contributed by atoms with van der Waals surface area (Å²) in [7, 11) is 0. The summed E-state index contributed by atoms with van der Waals surface area (Å²) < 4.78 is 3.27. The van der Waals surface area contributed by atoms with E-state index in [4.69, 9.17) is 5.10 Å². The number of hydrogen-bond acceptors (Lipinski definition) is 5. The van der Waals surface area contributed by atoms with Gasteiger partial charge in [-0.15, -0.1) is 0 Å². The van der Waals surface area contributed by atoms with Crippen LogP contribution < -0.4 is 5.32 Å². The Bertz CT molecular complexity index is 1230. The number of carbonyl (C=O) groups is 1. The molecule has 0 radical (unpaired) electrons. The molecule has 0 spiro atoms. The van der Waals surface area contributed by atoms with Gasteiger partial charge in [-0.3, -0.25) is 4.79 Å². The van der Waals surface area contributed by atoms with Gasteiger partial charge in [0.15, 0.2) is 0 Å². The van der Waals surface area contributed by atoms with Crippen molar-refractivity contribution in [3.8, 4) is 16.9 Å².